The van der Waals surface area contributed by atoms with Gasteiger partial charge in [-0.05, 0) is 57.0 Å². The molecule has 3 fully saturated rings. The maximum Gasteiger partial charge on any atom is 0.258 e. The second-order valence-corrected chi connectivity index (χ2v) is 11.1. The summed E-state index contributed by atoms with van der Waals surface area (Å²) in [4.78, 5) is 31.4. The smallest absolute Gasteiger partial charge is 0.258 e. The Morgan fingerprint density at radius 1 is 0.950 bits per heavy atom. The van der Waals surface area contributed by atoms with E-state index in [2.05, 4.69) is 37.1 Å². The van der Waals surface area contributed by atoms with E-state index < -0.39 is 23.5 Å². The van der Waals surface area contributed by atoms with Crippen LogP contribution in [0.1, 0.15) is 60.5 Å². The van der Waals surface area contributed by atoms with E-state index in [0.717, 1.165) is 44.1 Å². The van der Waals surface area contributed by atoms with Gasteiger partial charge in [0.05, 0.1) is 16.9 Å². The quantitative estimate of drug-likeness (QED) is 0.412. The summed E-state index contributed by atoms with van der Waals surface area (Å²) in [6.45, 7) is 1.86. The third-order valence-electron chi connectivity index (χ3n) is 8.34. The van der Waals surface area contributed by atoms with Crippen LogP contribution in [0.15, 0.2) is 42.9 Å². The first-order valence-corrected chi connectivity index (χ1v) is 13.6. The minimum atomic E-state index is -2.76. The van der Waals surface area contributed by atoms with Gasteiger partial charge < -0.3 is 15.1 Å². The van der Waals surface area contributed by atoms with Gasteiger partial charge in [-0.3, -0.25) is 9.78 Å². The van der Waals surface area contributed by atoms with E-state index in [1.807, 2.05) is 0 Å². The lowest BCUT2D eigenvalue weighted by atomic mass is 9.83. The van der Waals surface area contributed by atoms with E-state index in [4.69, 9.17) is 0 Å². The second kappa shape index (κ2) is 10.4. The summed E-state index contributed by atoms with van der Waals surface area (Å²) in [7, 11) is 2.10. The largest absolute Gasteiger partial charge is 0.332 e. The number of hydrogen-bond donors (Lipinski definition) is 1. The average Bonchev–Trinajstić information content (AvgIpc) is 3.21. The molecule has 1 aromatic carbocycles. The van der Waals surface area contributed by atoms with E-state index in [-0.39, 0.29) is 54.0 Å². The molecule has 40 heavy (non-hydrogen) atoms. The molecule has 11 heteroatoms. The third-order valence-corrected chi connectivity index (χ3v) is 8.34. The van der Waals surface area contributed by atoms with E-state index in [1.54, 1.807) is 0 Å². The molecule has 2 aromatic heterocycles. The lowest BCUT2D eigenvalue weighted by molar-refractivity contribution is -0.0384. The number of nitrogens with one attached hydrogen (secondary N) is 1. The summed E-state index contributed by atoms with van der Waals surface area (Å²) in [5.74, 6) is -4.44. The molecular weight excluding hydrogens is 524 g/mol. The fraction of sp³-hybridized carbons (Fsp3) is 0.448. The number of piperazine rings is 1. The van der Waals surface area contributed by atoms with Crippen LogP contribution in [0.25, 0.3) is 11.1 Å². The Morgan fingerprint density at radius 2 is 1.62 bits per heavy atom. The van der Waals surface area contributed by atoms with Gasteiger partial charge in [-0.1, -0.05) is 0 Å². The maximum atomic E-state index is 14.9. The van der Waals surface area contributed by atoms with Gasteiger partial charge in [0.25, 0.3) is 5.91 Å². The van der Waals surface area contributed by atoms with Crippen LogP contribution in [0, 0.1) is 11.6 Å². The molecule has 7 nitrogen and oxygen atoms in total. The zero-order chi connectivity index (χ0) is 28.0. The molecule has 0 spiro atoms. The normalized spacial score (nSPS) is 22.9. The third kappa shape index (κ3) is 5.14. The predicted octanol–water partition coefficient (Wildman–Crippen LogP) is 5.64. The molecule has 3 aromatic rings. The first kappa shape index (κ1) is 26.6. The zero-order valence-corrected chi connectivity index (χ0v) is 22.1. The Bertz CT molecular complexity index is 1390. The van der Waals surface area contributed by atoms with Crippen molar-refractivity contribution in [1.82, 2.24) is 19.9 Å². The molecule has 6 rings (SSSR count). The SMILES string of the molecule is CN1C[C@H]2CC[C@@H](C1)N2c1ncc(C(=O)Nc2c(-c3cc(F)ccc3F)ccnc2C2CCC(F)(F)CC2)cn1. The van der Waals surface area contributed by atoms with E-state index in [1.165, 1.54) is 24.7 Å². The number of likely N-dealkylation sites (N-methyl/N-ethyl adjacent to an activating group) is 1. The lowest BCUT2D eigenvalue weighted by Gasteiger charge is -2.39. The monoisotopic (exact) mass is 554 g/mol. The van der Waals surface area contributed by atoms with Gasteiger partial charge >= 0.3 is 0 Å². The Balaban J connectivity index is 1.31. The number of halogens is 4. The van der Waals surface area contributed by atoms with Crippen molar-refractivity contribution in [2.75, 3.05) is 30.4 Å². The van der Waals surface area contributed by atoms with Crippen LogP contribution < -0.4 is 10.2 Å². The van der Waals surface area contributed by atoms with Gasteiger partial charge in [0.2, 0.25) is 11.9 Å². The summed E-state index contributed by atoms with van der Waals surface area (Å²) in [5.41, 5.74) is 0.891. The highest BCUT2D eigenvalue weighted by molar-refractivity contribution is 6.06. The fourth-order valence-corrected chi connectivity index (χ4v) is 6.36. The van der Waals surface area contributed by atoms with Gasteiger partial charge in [-0.2, -0.15) is 0 Å². The number of benzene rings is 1. The molecule has 0 unspecified atom stereocenters. The molecule has 2 saturated heterocycles. The number of nitrogens with zero attached hydrogens (tertiary/aromatic N) is 5. The summed E-state index contributed by atoms with van der Waals surface area (Å²) in [5, 5.41) is 2.82. The number of rotatable bonds is 5. The van der Waals surface area contributed by atoms with Crippen molar-refractivity contribution in [1.29, 1.82) is 0 Å². The number of fused-ring (bicyclic) bond motifs is 2. The number of hydrogen-bond acceptors (Lipinski definition) is 6. The number of alkyl halides is 2. The molecule has 1 aliphatic carbocycles. The summed E-state index contributed by atoms with van der Waals surface area (Å²) in [6.07, 6.45) is 6.16. The van der Waals surface area contributed by atoms with Crippen molar-refractivity contribution >= 4 is 17.5 Å². The standard InChI is InChI=1S/C29H30F4N6O/c1-38-15-20-3-4-21(16-38)39(20)28-35-13-18(14-36-28)27(40)37-26-22(23-12-19(30)2-5-24(23)31)8-11-34-25(26)17-6-9-29(32,33)10-7-17/h2,5,8,11-14,17,20-21H,3-4,6-7,9-10,15-16H2,1H3,(H,37,40)/t20-,21+. The Labute approximate surface area is 229 Å². The highest BCUT2D eigenvalue weighted by Crippen LogP contribution is 2.44. The summed E-state index contributed by atoms with van der Waals surface area (Å²) in [6, 6.07) is 5.20. The molecule has 1 saturated carbocycles. The topological polar surface area (TPSA) is 74.2 Å². The van der Waals surface area contributed by atoms with Gasteiger partial charge in [0.1, 0.15) is 11.6 Å². The summed E-state index contributed by atoms with van der Waals surface area (Å²) >= 11 is 0. The van der Waals surface area contributed by atoms with Gasteiger partial charge in [-0.25, -0.2) is 27.5 Å². The van der Waals surface area contributed by atoms with Crippen LogP contribution in [0.2, 0.25) is 0 Å². The molecule has 2 bridgehead atoms. The highest BCUT2D eigenvalue weighted by Gasteiger charge is 2.40. The molecular formula is C29H30F4N6O. The van der Waals surface area contributed by atoms with E-state index in [0.29, 0.717) is 23.7 Å². The van der Waals surface area contributed by atoms with Crippen molar-refractivity contribution in [2.24, 2.45) is 0 Å². The van der Waals surface area contributed by atoms with E-state index in [9.17, 15) is 22.4 Å². The Kier molecular flexibility index (Phi) is 6.93. The van der Waals surface area contributed by atoms with Gasteiger partial charge in [-0.15, -0.1) is 0 Å². The maximum absolute atomic E-state index is 14.9. The van der Waals surface area contributed by atoms with Crippen molar-refractivity contribution in [3.05, 3.63) is 65.7 Å². The molecule has 2 aliphatic heterocycles. The number of aromatic nitrogens is 3. The molecule has 4 heterocycles. The van der Waals surface area contributed by atoms with Crippen LogP contribution in [-0.4, -0.2) is 63.9 Å². The Hall–Kier alpha value is -3.60. The second-order valence-electron chi connectivity index (χ2n) is 11.1. The molecule has 3 aliphatic rings. The predicted molar refractivity (Wildman–Crippen MR) is 143 cm³/mol. The first-order valence-electron chi connectivity index (χ1n) is 13.6. The molecule has 1 N–H and O–H groups in total. The lowest BCUT2D eigenvalue weighted by Crippen LogP contribution is -2.53. The van der Waals surface area contributed by atoms with Crippen molar-refractivity contribution in [3.8, 4) is 11.1 Å². The van der Waals surface area contributed by atoms with E-state index >= 15 is 0 Å². The molecule has 2 atom stereocenters. The first-order chi connectivity index (χ1) is 19.2. The molecule has 1 amide bonds. The van der Waals surface area contributed by atoms with Crippen molar-refractivity contribution in [3.63, 3.8) is 0 Å². The van der Waals surface area contributed by atoms with Crippen molar-refractivity contribution in [2.45, 2.75) is 62.4 Å². The van der Waals surface area contributed by atoms with Gasteiger partial charge in [0, 0.05) is 73.7 Å². The fourth-order valence-electron chi connectivity index (χ4n) is 6.36. The number of anilines is 2. The number of pyridine rings is 1. The number of likely N-dealkylation sites (tertiary alicyclic amines) is 1. The van der Waals surface area contributed by atoms with Crippen LogP contribution in [0.5, 0.6) is 0 Å². The highest BCUT2D eigenvalue weighted by atomic mass is 19.3. The Morgan fingerprint density at radius 3 is 2.30 bits per heavy atom. The summed E-state index contributed by atoms with van der Waals surface area (Å²) < 4.78 is 56.8. The van der Waals surface area contributed by atoms with Gasteiger partial charge in [0.15, 0.2) is 0 Å². The zero-order valence-electron chi connectivity index (χ0n) is 22.1. The number of amides is 1. The van der Waals surface area contributed by atoms with Crippen LogP contribution in [-0.2, 0) is 0 Å². The minimum Gasteiger partial charge on any atom is -0.332 e. The number of carbonyl (C=O) groups is 1. The number of carbonyl (C=O) groups excluding carboxylic acids is 1. The molecule has 210 valence electrons. The minimum absolute atomic E-state index is 0.0581. The van der Waals surface area contributed by atoms with Crippen LogP contribution >= 0.6 is 0 Å². The molecule has 0 radical (unpaired) electrons. The average molecular weight is 555 g/mol. The van der Waals surface area contributed by atoms with Crippen LogP contribution in [0.4, 0.5) is 29.2 Å². The van der Waals surface area contributed by atoms with Crippen molar-refractivity contribution < 1.29 is 22.4 Å². The van der Waals surface area contributed by atoms with Crippen LogP contribution in [0.3, 0.4) is 0 Å².